The summed E-state index contributed by atoms with van der Waals surface area (Å²) in [5.74, 6) is 0.368. The first-order valence-electron chi connectivity index (χ1n) is 10.8. The van der Waals surface area contributed by atoms with Gasteiger partial charge in [-0.2, -0.15) is 0 Å². The molecule has 4 rings (SSSR count). The maximum absolute atomic E-state index is 14.8. The van der Waals surface area contributed by atoms with Crippen LogP contribution in [0, 0.1) is 11.7 Å². The van der Waals surface area contributed by atoms with Crippen LogP contribution >= 0.6 is 11.6 Å². The van der Waals surface area contributed by atoms with Gasteiger partial charge in [-0.05, 0) is 57.0 Å². The molecule has 1 amide bonds. The molecule has 6 nitrogen and oxygen atoms in total. The first kappa shape index (κ1) is 21.8. The molecule has 0 bridgehead atoms. The smallest absolute Gasteiger partial charge is 0.227 e. The maximum Gasteiger partial charge on any atom is 0.227 e. The number of benzene rings is 1. The van der Waals surface area contributed by atoms with Gasteiger partial charge in [-0.15, -0.1) is 0 Å². The van der Waals surface area contributed by atoms with Crippen molar-refractivity contribution >= 4 is 34.7 Å². The van der Waals surface area contributed by atoms with Crippen LogP contribution in [0.2, 0.25) is 5.02 Å². The highest BCUT2D eigenvalue weighted by atomic mass is 35.5. The Morgan fingerprint density at radius 3 is 2.45 bits per heavy atom. The Hall–Kier alpha value is -2.38. The van der Waals surface area contributed by atoms with Gasteiger partial charge in [0.15, 0.2) is 0 Å². The number of rotatable bonds is 4. The molecule has 3 heterocycles. The number of carbonyl (C=O) groups is 1. The molecule has 2 aliphatic heterocycles. The predicted molar refractivity (Wildman–Crippen MR) is 121 cm³/mol. The van der Waals surface area contributed by atoms with Crippen LogP contribution in [0.1, 0.15) is 26.7 Å². The van der Waals surface area contributed by atoms with Gasteiger partial charge >= 0.3 is 0 Å². The van der Waals surface area contributed by atoms with Crippen molar-refractivity contribution in [2.45, 2.75) is 38.9 Å². The van der Waals surface area contributed by atoms with Gasteiger partial charge < -0.3 is 19.9 Å². The third kappa shape index (κ3) is 5.28. The highest BCUT2D eigenvalue weighted by Gasteiger charge is 2.27. The summed E-state index contributed by atoms with van der Waals surface area (Å²) in [6.07, 6.45) is 3.18. The lowest BCUT2D eigenvalue weighted by Crippen LogP contribution is -2.45. The quantitative estimate of drug-likeness (QED) is 0.757. The Morgan fingerprint density at radius 1 is 1.13 bits per heavy atom. The minimum absolute atomic E-state index is 0.0523. The second-order valence-electron chi connectivity index (χ2n) is 8.41. The summed E-state index contributed by atoms with van der Waals surface area (Å²) in [5.41, 5.74) is 1.03. The monoisotopic (exact) mass is 446 g/mol. The van der Waals surface area contributed by atoms with Gasteiger partial charge in [-0.3, -0.25) is 4.79 Å². The molecule has 2 fully saturated rings. The number of nitrogens with zero attached hydrogens (tertiary/aromatic N) is 3. The fraction of sp³-hybridized carbons (Fsp3) is 0.478. The number of pyridine rings is 1. The van der Waals surface area contributed by atoms with Crippen LogP contribution in [0.15, 0.2) is 36.5 Å². The second-order valence-corrected chi connectivity index (χ2v) is 8.85. The first-order chi connectivity index (χ1) is 14.9. The number of aromatic nitrogens is 1. The molecule has 0 radical (unpaired) electrons. The molecule has 0 aliphatic carbocycles. The van der Waals surface area contributed by atoms with Gasteiger partial charge in [-0.25, -0.2) is 9.37 Å². The summed E-state index contributed by atoms with van der Waals surface area (Å²) >= 11 is 5.90. The number of hydrogen-bond acceptors (Lipinski definition) is 5. The Morgan fingerprint density at radius 2 is 1.84 bits per heavy atom. The highest BCUT2D eigenvalue weighted by Crippen LogP contribution is 2.28. The number of hydrogen-bond donors (Lipinski definition) is 1. The van der Waals surface area contributed by atoms with Gasteiger partial charge in [-0.1, -0.05) is 11.6 Å². The zero-order chi connectivity index (χ0) is 22.0. The number of anilines is 3. The fourth-order valence-electron chi connectivity index (χ4n) is 4.39. The molecule has 2 atom stereocenters. The summed E-state index contributed by atoms with van der Waals surface area (Å²) in [6.45, 7) is 6.76. The van der Waals surface area contributed by atoms with Crippen LogP contribution in [0.3, 0.4) is 0 Å². The number of amides is 1. The molecule has 2 aliphatic rings. The molecule has 1 N–H and O–H groups in total. The molecular formula is C23H28ClFN4O2. The van der Waals surface area contributed by atoms with Gasteiger partial charge in [0.2, 0.25) is 5.91 Å². The number of nitrogens with one attached hydrogen (secondary N) is 1. The van der Waals surface area contributed by atoms with Crippen molar-refractivity contribution in [3.8, 4) is 0 Å². The third-order valence-electron chi connectivity index (χ3n) is 5.88. The van der Waals surface area contributed by atoms with Gasteiger partial charge in [0.25, 0.3) is 0 Å². The van der Waals surface area contributed by atoms with E-state index in [0.29, 0.717) is 29.5 Å². The van der Waals surface area contributed by atoms with Gasteiger partial charge in [0.1, 0.15) is 11.6 Å². The van der Waals surface area contributed by atoms with Crippen molar-refractivity contribution in [2.75, 3.05) is 41.3 Å². The average molecular weight is 447 g/mol. The molecule has 31 heavy (non-hydrogen) atoms. The van der Waals surface area contributed by atoms with Crippen LogP contribution in [0.5, 0.6) is 0 Å². The van der Waals surface area contributed by atoms with E-state index in [2.05, 4.69) is 15.2 Å². The van der Waals surface area contributed by atoms with Gasteiger partial charge in [0.05, 0.1) is 22.9 Å². The van der Waals surface area contributed by atoms with E-state index in [1.165, 1.54) is 6.07 Å². The van der Waals surface area contributed by atoms with Crippen molar-refractivity contribution in [1.29, 1.82) is 0 Å². The van der Waals surface area contributed by atoms with Crippen LogP contribution in [-0.2, 0) is 9.53 Å². The lowest BCUT2D eigenvalue weighted by Gasteiger charge is -2.37. The van der Waals surface area contributed by atoms with Crippen molar-refractivity contribution in [3.63, 3.8) is 0 Å². The van der Waals surface area contributed by atoms with E-state index in [0.717, 1.165) is 31.7 Å². The molecular weight excluding hydrogens is 419 g/mol. The average Bonchev–Trinajstić information content (AvgIpc) is 2.74. The van der Waals surface area contributed by atoms with Crippen molar-refractivity contribution < 1.29 is 13.9 Å². The minimum Gasteiger partial charge on any atom is -0.372 e. The minimum atomic E-state index is -0.331. The van der Waals surface area contributed by atoms with E-state index in [9.17, 15) is 9.18 Å². The van der Waals surface area contributed by atoms with Gasteiger partial charge in [0, 0.05) is 44.0 Å². The molecule has 0 saturated carbocycles. The molecule has 8 heteroatoms. The number of halogens is 2. The topological polar surface area (TPSA) is 57.7 Å². The largest absolute Gasteiger partial charge is 0.372 e. The van der Waals surface area contributed by atoms with Crippen LogP contribution in [0.25, 0.3) is 0 Å². The van der Waals surface area contributed by atoms with Crippen molar-refractivity contribution in [2.24, 2.45) is 5.92 Å². The van der Waals surface area contributed by atoms with Crippen molar-refractivity contribution in [1.82, 2.24) is 4.98 Å². The van der Waals surface area contributed by atoms with Crippen LogP contribution in [-0.4, -0.2) is 49.3 Å². The van der Waals surface area contributed by atoms with Crippen molar-refractivity contribution in [3.05, 3.63) is 47.4 Å². The van der Waals surface area contributed by atoms with E-state index < -0.39 is 0 Å². The predicted octanol–water partition coefficient (Wildman–Crippen LogP) is 4.34. The summed E-state index contributed by atoms with van der Waals surface area (Å²) in [5, 5.41) is 3.49. The van der Waals surface area contributed by atoms with E-state index in [-0.39, 0.29) is 29.9 Å². The summed E-state index contributed by atoms with van der Waals surface area (Å²) in [6, 6.07) is 8.63. The van der Waals surface area contributed by atoms with E-state index >= 15 is 0 Å². The summed E-state index contributed by atoms with van der Waals surface area (Å²) in [4.78, 5) is 21.2. The molecule has 0 spiro atoms. The molecule has 2 aromatic rings. The number of piperidine rings is 1. The zero-order valence-electron chi connectivity index (χ0n) is 17.9. The Labute approximate surface area is 187 Å². The molecule has 1 aromatic heterocycles. The molecule has 2 saturated heterocycles. The highest BCUT2D eigenvalue weighted by molar-refractivity contribution is 6.30. The SMILES string of the molecule is C[C@H]1CN(c2ccc(NC(=O)C3CCN(c4ccc(Cl)cn4)CC3)cc2F)C[C@H](C)O1. The number of carbonyl (C=O) groups excluding carboxylic acids is 1. The molecule has 0 unspecified atom stereocenters. The fourth-order valence-corrected chi connectivity index (χ4v) is 4.50. The third-order valence-corrected chi connectivity index (χ3v) is 6.10. The molecule has 166 valence electrons. The summed E-state index contributed by atoms with van der Waals surface area (Å²) < 4.78 is 20.5. The Balaban J connectivity index is 1.33. The Bertz CT molecular complexity index is 908. The first-order valence-corrected chi connectivity index (χ1v) is 11.1. The second kappa shape index (κ2) is 9.40. The normalized spacial score (nSPS) is 22.5. The van der Waals surface area contributed by atoms with Crippen LogP contribution < -0.4 is 15.1 Å². The number of ether oxygens (including phenoxy) is 1. The lowest BCUT2D eigenvalue weighted by atomic mass is 9.95. The lowest BCUT2D eigenvalue weighted by molar-refractivity contribution is -0.120. The maximum atomic E-state index is 14.8. The summed E-state index contributed by atoms with van der Waals surface area (Å²) in [7, 11) is 0. The Kier molecular flexibility index (Phi) is 6.62. The van der Waals surface area contributed by atoms with E-state index in [4.69, 9.17) is 16.3 Å². The van der Waals surface area contributed by atoms with E-state index in [1.54, 1.807) is 18.3 Å². The molecule has 1 aromatic carbocycles. The standard InChI is InChI=1S/C23H28ClFN4O2/c1-15-13-29(14-16(2)31-15)21-5-4-19(11-20(21)25)27-23(30)17-7-9-28(10-8-17)22-6-3-18(24)12-26-22/h3-6,11-12,15-17H,7-10,13-14H2,1-2H3,(H,27,30)/t15-,16-/m0/s1. The van der Waals surface area contributed by atoms with Crippen LogP contribution in [0.4, 0.5) is 21.6 Å². The zero-order valence-corrected chi connectivity index (χ0v) is 18.6. The number of morpholine rings is 1. The van der Waals surface area contributed by atoms with E-state index in [1.807, 2.05) is 30.9 Å².